The number of nitrogens with zero attached hydrogens (tertiary/aromatic N) is 1. The number of likely N-dealkylation sites (tertiary alicyclic amines) is 1. The number of ether oxygens (including phenoxy) is 2. The van der Waals surface area contributed by atoms with Crippen molar-refractivity contribution in [3.8, 4) is 11.5 Å². The first kappa shape index (κ1) is 15.0. The van der Waals surface area contributed by atoms with E-state index in [2.05, 4.69) is 24.9 Å². The van der Waals surface area contributed by atoms with Crippen LogP contribution in [0.5, 0.6) is 11.5 Å². The predicted octanol–water partition coefficient (Wildman–Crippen LogP) is 2.57. The van der Waals surface area contributed by atoms with Crippen LogP contribution in [0.1, 0.15) is 37.8 Å². The number of methoxy groups -OCH3 is 1. The van der Waals surface area contributed by atoms with Gasteiger partial charge in [0, 0.05) is 23.4 Å². The van der Waals surface area contributed by atoms with Crippen molar-refractivity contribution in [1.82, 2.24) is 4.90 Å². The summed E-state index contributed by atoms with van der Waals surface area (Å²) in [4.78, 5) is 15.2. The third kappa shape index (κ3) is 1.73. The standard InChI is InChI=1S/C19H25NO3/c1-5-14(21)18-19-8-9-20(3)13(11(19)2)10-12-6-7-15(22-4)17(23-18)16(12)19/h6-7,11,13,18H,5,8-10H2,1-4H3/t11?,13-,18+,19+/m1/s1. The summed E-state index contributed by atoms with van der Waals surface area (Å²) in [5.41, 5.74) is 2.42. The van der Waals surface area contributed by atoms with Crippen LogP contribution < -0.4 is 9.47 Å². The molecule has 1 fully saturated rings. The molecule has 0 N–H and O–H groups in total. The molecule has 1 spiro atoms. The Bertz CT molecular complexity index is 671. The number of piperidine rings is 1. The summed E-state index contributed by atoms with van der Waals surface area (Å²) in [6.07, 6.45) is 2.17. The summed E-state index contributed by atoms with van der Waals surface area (Å²) >= 11 is 0. The Hall–Kier alpha value is -1.55. The second-order valence-corrected chi connectivity index (χ2v) is 7.28. The number of ketones is 1. The van der Waals surface area contributed by atoms with Crippen LogP contribution in [-0.2, 0) is 16.6 Å². The molecule has 4 atom stereocenters. The fraction of sp³-hybridized carbons (Fsp3) is 0.632. The molecular weight excluding hydrogens is 290 g/mol. The van der Waals surface area contributed by atoms with Gasteiger partial charge in [0.15, 0.2) is 23.4 Å². The van der Waals surface area contributed by atoms with Gasteiger partial charge in [0.25, 0.3) is 0 Å². The van der Waals surface area contributed by atoms with Gasteiger partial charge in [-0.15, -0.1) is 0 Å². The summed E-state index contributed by atoms with van der Waals surface area (Å²) < 4.78 is 11.8. The first-order valence-electron chi connectivity index (χ1n) is 8.64. The van der Waals surface area contributed by atoms with Crippen molar-refractivity contribution in [2.24, 2.45) is 5.92 Å². The SMILES string of the molecule is CCC(=O)[C@@H]1Oc2c(OC)ccc3c2[C@@]12CCN(C)[C@H](C3)C2C. The normalized spacial score (nSPS) is 34.7. The van der Waals surface area contributed by atoms with E-state index in [0.29, 0.717) is 18.4 Å². The van der Waals surface area contributed by atoms with Crippen LogP contribution in [0, 0.1) is 5.92 Å². The van der Waals surface area contributed by atoms with E-state index in [1.54, 1.807) is 7.11 Å². The molecule has 1 unspecified atom stereocenters. The molecule has 2 heterocycles. The van der Waals surface area contributed by atoms with Crippen LogP contribution in [0.2, 0.25) is 0 Å². The number of benzene rings is 1. The molecule has 4 heteroatoms. The monoisotopic (exact) mass is 315 g/mol. The summed E-state index contributed by atoms with van der Waals surface area (Å²) in [5.74, 6) is 2.21. The molecule has 124 valence electrons. The fourth-order valence-electron chi connectivity index (χ4n) is 5.22. The highest BCUT2D eigenvalue weighted by atomic mass is 16.5. The molecule has 1 aromatic rings. The van der Waals surface area contributed by atoms with Crippen LogP contribution in [-0.4, -0.2) is 43.5 Å². The van der Waals surface area contributed by atoms with Crippen molar-refractivity contribution in [2.45, 2.75) is 50.7 Å². The summed E-state index contributed by atoms with van der Waals surface area (Å²) in [6, 6.07) is 4.64. The minimum absolute atomic E-state index is 0.179. The van der Waals surface area contributed by atoms with Crippen LogP contribution in [0.15, 0.2) is 12.1 Å². The molecule has 3 aliphatic rings. The van der Waals surface area contributed by atoms with E-state index >= 15 is 0 Å². The maximum atomic E-state index is 12.7. The zero-order valence-electron chi connectivity index (χ0n) is 14.4. The molecule has 4 rings (SSSR count). The Balaban J connectivity index is 1.97. The molecule has 1 aliphatic carbocycles. The van der Waals surface area contributed by atoms with Gasteiger partial charge < -0.3 is 14.4 Å². The van der Waals surface area contributed by atoms with Crippen LogP contribution >= 0.6 is 0 Å². The molecule has 1 aromatic carbocycles. The van der Waals surface area contributed by atoms with Gasteiger partial charge in [0.2, 0.25) is 0 Å². The molecule has 1 saturated heterocycles. The van der Waals surface area contributed by atoms with Gasteiger partial charge >= 0.3 is 0 Å². The number of hydrogen-bond donors (Lipinski definition) is 0. The Morgan fingerprint density at radius 1 is 1.48 bits per heavy atom. The smallest absolute Gasteiger partial charge is 0.173 e. The van der Waals surface area contributed by atoms with Crippen LogP contribution in [0.4, 0.5) is 0 Å². The van der Waals surface area contributed by atoms with Crippen LogP contribution in [0.3, 0.4) is 0 Å². The third-order valence-electron chi connectivity index (χ3n) is 6.50. The van der Waals surface area contributed by atoms with E-state index in [4.69, 9.17) is 9.47 Å². The summed E-state index contributed by atoms with van der Waals surface area (Å²) in [7, 11) is 3.88. The highest BCUT2D eigenvalue weighted by Crippen LogP contribution is 2.60. The number of carbonyl (C=O) groups is 1. The van der Waals surface area contributed by atoms with E-state index in [9.17, 15) is 4.79 Å². The van der Waals surface area contributed by atoms with Gasteiger partial charge in [0.05, 0.1) is 7.11 Å². The lowest BCUT2D eigenvalue weighted by molar-refractivity contribution is -0.131. The van der Waals surface area contributed by atoms with E-state index < -0.39 is 0 Å². The molecule has 23 heavy (non-hydrogen) atoms. The van der Waals surface area contributed by atoms with Crippen molar-refractivity contribution in [2.75, 3.05) is 20.7 Å². The highest BCUT2D eigenvalue weighted by molar-refractivity contribution is 5.87. The van der Waals surface area contributed by atoms with Crippen molar-refractivity contribution >= 4 is 5.78 Å². The molecule has 0 radical (unpaired) electrons. The molecule has 0 aromatic heterocycles. The molecule has 2 aliphatic heterocycles. The number of rotatable bonds is 3. The first-order valence-corrected chi connectivity index (χ1v) is 8.64. The van der Waals surface area contributed by atoms with Crippen LogP contribution in [0.25, 0.3) is 0 Å². The van der Waals surface area contributed by atoms with E-state index in [-0.39, 0.29) is 17.3 Å². The number of carbonyl (C=O) groups excluding carboxylic acids is 1. The number of hydrogen-bond acceptors (Lipinski definition) is 4. The lowest BCUT2D eigenvalue weighted by Gasteiger charge is -2.54. The molecule has 0 amide bonds. The van der Waals surface area contributed by atoms with Crippen molar-refractivity contribution in [3.05, 3.63) is 23.3 Å². The first-order chi connectivity index (χ1) is 11.0. The van der Waals surface area contributed by atoms with E-state index in [1.165, 1.54) is 11.1 Å². The van der Waals surface area contributed by atoms with Gasteiger partial charge in [0.1, 0.15) is 0 Å². The van der Waals surface area contributed by atoms with Crippen molar-refractivity contribution in [3.63, 3.8) is 0 Å². The van der Waals surface area contributed by atoms with Gasteiger partial charge in [-0.1, -0.05) is 19.9 Å². The van der Waals surface area contributed by atoms with Crippen molar-refractivity contribution < 1.29 is 14.3 Å². The summed E-state index contributed by atoms with van der Waals surface area (Å²) in [6.45, 7) is 5.25. The van der Waals surface area contributed by atoms with E-state index in [1.807, 2.05) is 13.0 Å². The Labute approximate surface area is 137 Å². The number of likely N-dealkylation sites (N-methyl/N-ethyl adjacent to an activating group) is 1. The minimum atomic E-state index is -0.357. The maximum Gasteiger partial charge on any atom is 0.173 e. The second kappa shape index (κ2) is 4.97. The highest BCUT2D eigenvalue weighted by Gasteiger charge is 2.62. The van der Waals surface area contributed by atoms with Crippen molar-refractivity contribution in [1.29, 1.82) is 0 Å². The molecule has 4 nitrogen and oxygen atoms in total. The number of Topliss-reactive ketones (excluding diaryl/α,β-unsaturated/α-hetero) is 1. The lowest BCUT2D eigenvalue weighted by Crippen LogP contribution is -2.62. The Kier molecular flexibility index (Phi) is 3.24. The third-order valence-corrected chi connectivity index (χ3v) is 6.50. The predicted molar refractivity (Wildman–Crippen MR) is 88.3 cm³/mol. The largest absolute Gasteiger partial charge is 0.493 e. The molecule has 2 bridgehead atoms. The van der Waals surface area contributed by atoms with Gasteiger partial charge in [-0.3, -0.25) is 4.79 Å². The topological polar surface area (TPSA) is 38.8 Å². The van der Waals surface area contributed by atoms with Gasteiger partial charge in [-0.05, 0) is 44.0 Å². The lowest BCUT2D eigenvalue weighted by atomic mass is 9.55. The zero-order chi connectivity index (χ0) is 16.4. The second-order valence-electron chi connectivity index (χ2n) is 7.28. The van der Waals surface area contributed by atoms with E-state index in [0.717, 1.165) is 30.9 Å². The van der Waals surface area contributed by atoms with Gasteiger partial charge in [-0.2, -0.15) is 0 Å². The quantitative estimate of drug-likeness (QED) is 0.859. The fourth-order valence-corrected chi connectivity index (χ4v) is 5.22. The molecular formula is C19H25NO3. The Morgan fingerprint density at radius 2 is 2.26 bits per heavy atom. The minimum Gasteiger partial charge on any atom is -0.493 e. The zero-order valence-corrected chi connectivity index (χ0v) is 14.4. The Morgan fingerprint density at radius 3 is 2.96 bits per heavy atom. The molecule has 0 saturated carbocycles. The average Bonchev–Trinajstić information content (AvgIpc) is 2.90. The average molecular weight is 315 g/mol. The number of fused-ring (bicyclic) bond motifs is 1. The summed E-state index contributed by atoms with van der Waals surface area (Å²) in [5, 5.41) is 0. The maximum absolute atomic E-state index is 12.7. The van der Waals surface area contributed by atoms with Gasteiger partial charge in [-0.25, -0.2) is 0 Å².